The van der Waals surface area contributed by atoms with E-state index in [-0.39, 0.29) is 11.9 Å². The number of piperidine rings is 1. The molecule has 2 fully saturated rings. The number of pyridine rings is 1. The molecule has 2 saturated heterocycles. The van der Waals surface area contributed by atoms with Crippen molar-refractivity contribution in [3.05, 3.63) is 30.2 Å². The minimum Gasteiger partial charge on any atom is -0.357 e. The molecular weight excluding hydrogens is 318 g/mol. The number of amides is 3. The van der Waals surface area contributed by atoms with E-state index in [1.165, 1.54) is 10.5 Å². The molecular formula is C18H23N5O2. The summed E-state index contributed by atoms with van der Waals surface area (Å²) in [5.41, 5.74) is 0.997. The molecule has 0 aliphatic carbocycles. The summed E-state index contributed by atoms with van der Waals surface area (Å²) in [5, 5.41) is 2.97. The molecule has 132 valence electrons. The third kappa shape index (κ3) is 2.08. The van der Waals surface area contributed by atoms with Gasteiger partial charge >= 0.3 is 6.03 Å². The average Bonchev–Trinajstić information content (AvgIpc) is 3.09. The van der Waals surface area contributed by atoms with Gasteiger partial charge in [0, 0.05) is 25.6 Å². The van der Waals surface area contributed by atoms with E-state index in [0.29, 0.717) is 19.5 Å². The van der Waals surface area contributed by atoms with Gasteiger partial charge in [-0.3, -0.25) is 14.1 Å². The summed E-state index contributed by atoms with van der Waals surface area (Å²) in [5.74, 6) is 0.944. The van der Waals surface area contributed by atoms with Crippen LogP contribution in [-0.2, 0) is 4.79 Å². The van der Waals surface area contributed by atoms with E-state index < -0.39 is 11.0 Å². The minimum absolute atomic E-state index is 0.126. The van der Waals surface area contributed by atoms with Gasteiger partial charge in [-0.05, 0) is 31.0 Å². The molecule has 0 aromatic carbocycles. The topological polar surface area (TPSA) is 70.0 Å². The number of anilines is 1. The minimum atomic E-state index is -0.826. The summed E-state index contributed by atoms with van der Waals surface area (Å²) in [4.78, 5) is 32.6. The predicted molar refractivity (Wildman–Crippen MR) is 94.6 cm³/mol. The fourth-order valence-corrected chi connectivity index (χ4v) is 4.25. The summed E-state index contributed by atoms with van der Waals surface area (Å²) in [6.45, 7) is 7.54. The molecule has 2 aliphatic heterocycles. The van der Waals surface area contributed by atoms with Crippen LogP contribution in [0.1, 0.15) is 25.8 Å². The summed E-state index contributed by atoms with van der Waals surface area (Å²) >= 11 is 0. The molecule has 1 unspecified atom stereocenters. The monoisotopic (exact) mass is 341 g/mol. The molecule has 0 bridgehead atoms. The lowest BCUT2D eigenvalue weighted by Gasteiger charge is -2.50. The smallest absolute Gasteiger partial charge is 0.324 e. The lowest BCUT2D eigenvalue weighted by atomic mass is 9.67. The molecule has 2 aromatic rings. The summed E-state index contributed by atoms with van der Waals surface area (Å²) in [6.07, 6.45) is 4.25. The number of aryl methyl sites for hydroxylation is 1. The third-order valence-corrected chi connectivity index (χ3v) is 5.76. The second kappa shape index (κ2) is 4.97. The first-order valence-corrected chi connectivity index (χ1v) is 8.53. The second-order valence-corrected chi connectivity index (χ2v) is 7.83. The molecule has 25 heavy (non-hydrogen) atoms. The van der Waals surface area contributed by atoms with E-state index in [9.17, 15) is 9.59 Å². The van der Waals surface area contributed by atoms with E-state index in [1.807, 2.05) is 12.5 Å². The zero-order chi connectivity index (χ0) is 18.0. The number of imidazole rings is 1. The van der Waals surface area contributed by atoms with Crippen molar-refractivity contribution < 1.29 is 9.59 Å². The number of hydrogen-bond acceptors (Lipinski definition) is 4. The van der Waals surface area contributed by atoms with E-state index in [1.54, 1.807) is 7.05 Å². The zero-order valence-electron chi connectivity index (χ0n) is 15.0. The zero-order valence-corrected chi connectivity index (χ0v) is 15.0. The number of carbonyl (C=O) groups excluding carboxylic acids is 2. The molecule has 1 N–H and O–H groups in total. The molecule has 4 rings (SSSR count). The Kier molecular flexibility index (Phi) is 3.17. The van der Waals surface area contributed by atoms with E-state index in [0.717, 1.165) is 11.3 Å². The maximum atomic E-state index is 12.8. The standard InChI is InChI=1S/C18H23N5O2/c1-12-7-13-9-19-11-23(13)14(8-12)22-6-5-18(17(2,3)10-22)15(24)21(4)16(25)20-18/h7-9,11H,5-6,10H2,1-4H3,(H,20,25). The van der Waals surface area contributed by atoms with Gasteiger partial charge in [0.15, 0.2) is 0 Å². The summed E-state index contributed by atoms with van der Waals surface area (Å²) < 4.78 is 2.07. The van der Waals surface area contributed by atoms with Crippen LogP contribution >= 0.6 is 0 Å². The van der Waals surface area contributed by atoms with Crippen LogP contribution in [0.3, 0.4) is 0 Å². The van der Waals surface area contributed by atoms with Crippen molar-refractivity contribution in [2.75, 3.05) is 25.0 Å². The molecule has 4 heterocycles. The highest BCUT2D eigenvalue weighted by Crippen LogP contribution is 2.43. The van der Waals surface area contributed by atoms with Crippen LogP contribution in [-0.4, -0.2) is 51.9 Å². The molecule has 7 heteroatoms. The van der Waals surface area contributed by atoms with Crippen LogP contribution in [0.25, 0.3) is 5.52 Å². The fourth-order valence-electron chi connectivity index (χ4n) is 4.25. The predicted octanol–water partition coefficient (Wildman–Crippen LogP) is 1.80. The summed E-state index contributed by atoms with van der Waals surface area (Å²) in [6, 6.07) is 3.94. The van der Waals surface area contributed by atoms with Crippen molar-refractivity contribution in [2.24, 2.45) is 5.41 Å². The fraction of sp³-hybridized carbons (Fsp3) is 0.500. The van der Waals surface area contributed by atoms with Gasteiger partial charge in [-0.2, -0.15) is 0 Å². The lowest BCUT2D eigenvalue weighted by molar-refractivity contribution is -0.135. The highest BCUT2D eigenvalue weighted by molar-refractivity contribution is 6.07. The molecule has 0 saturated carbocycles. The largest absolute Gasteiger partial charge is 0.357 e. The second-order valence-electron chi connectivity index (χ2n) is 7.83. The Morgan fingerprint density at radius 2 is 2.00 bits per heavy atom. The maximum Gasteiger partial charge on any atom is 0.324 e. The Hall–Kier alpha value is -2.57. The SMILES string of the molecule is Cc1cc(N2CCC3(NC(=O)N(C)C3=O)C(C)(C)C2)n2cncc2c1. The number of aromatic nitrogens is 2. The molecule has 0 radical (unpaired) electrons. The highest BCUT2D eigenvalue weighted by atomic mass is 16.2. The van der Waals surface area contributed by atoms with Crippen LogP contribution in [0, 0.1) is 12.3 Å². The Morgan fingerprint density at radius 1 is 1.24 bits per heavy atom. The van der Waals surface area contributed by atoms with Gasteiger partial charge in [0.05, 0.1) is 11.7 Å². The number of carbonyl (C=O) groups is 2. The van der Waals surface area contributed by atoms with Crippen molar-refractivity contribution in [1.82, 2.24) is 19.6 Å². The number of urea groups is 1. The van der Waals surface area contributed by atoms with Crippen LogP contribution in [0.4, 0.5) is 10.6 Å². The first-order chi connectivity index (χ1) is 11.7. The average molecular weight is 341 g/mol. The third-order valence-electron chi connectivity index (χ3n) is 5.76. The number of imide groups is 1. The van der Waals surface area contributed by atoms with Gasteiger partial charge in [-0.15, -0.1) is 0 Å². The first kappa shape index (κ1) is 15.9. The Morgan fingerprint density at radius 3 is 2.64 bits per heavy atom. The Bertz CT molecular complexity index is 887. The first-order valence-electron chi connectivity index (χ1n) is 8.53. The van der Waals surface area contributed by atoms with Crippen molar-refractivity contribution in [3.8, 4) is 0 Å². The van der Waals surface area contributed by atoms with Crippen molar-refractivity contribution in [3.63, 3.8) is 0 Å². The Labute approximate surface area is 146 Å². The van der Waals surface area contributed by atoms with Crippen LogP contribution < -0.4 is 10.2 Å². The number of rotatable bonds is 1. The molecule has 3 amide bonds. The summed E-state index contributed by atoms with van der Waals surface area (Å²) in [7, 11) is 1.55. The van der Waals surface area contributed by atoms with Gasteiger partial charge in [-0.1, -0.05) is 13.8 Å². The number of nitrogens with zero attached hydrogens (tertiary/aromatic N) is 4. The number of nitrogens with one attached hydrogen (secondary N) is 1. The number of fused-ring (bicyclic) bond motifs is 1. The van der Waals surface area contributed by atoms with E-state index in [2.05, 4.69) is 52.5 Å². The van der Waals surface area contributed by atoms with Crippen LogP contribution in [0.2, 0.25) is 0 Å². The normalized spacial score (nSPS) is 25.9. The molecule has 7 nitrogen and oxygen atoms in total. The van der Waals surface area contributed by atoms with Gasteiger partial charge < -0.3 is 10.2 Å². The highest BCUT2D eigenvalue weighted by Gasteiger charge is 2.60. The lowest BCUT2D eigenvalue weighted by Crippen LogP contribution is -2.66. The maximum absolute atomic E-state index is 12.8. The molecule has 1 spiro atoms. The Balaban J connectivity index is 1.72. The van der Waals surface area contributed by atoms with E-state index in [4.69, 9.17) is 0 Å². The number of likely N-dealkylation sites (N-methyl/N-ethyl adjacent to an activating group) is 1. The van der Waals surface area contributed by atoms with Gasteiger partial charge in [-0.25, -0.2) is 9.78 Å². The quantitative estimate of drug-likeness (QED) is 0.803. The molecule has 1 atom stereocenters. The number of hydrogen-bond donors (Lipinski definition) is 1. The van der Waals surface area contributed by atoms with Crippen LogP contribution in [0.15, 0.2) is 24.7 Å². The van der Waals surface area contributed by atoms with E-state index >= 15 is 0 Å². The van der Waals surface area contributed by atoms with Gasteiger partial charge in [0.2, 0.25) is 0 Å². The molecule has 2 aliphatic rings. The van der Waals surface area contributed by atoms with Crippen LogP contribution in [0.5, 0.6) is 0 Å². The van der Waals surface area contributed by atoms with Crippen molar-refractivity contribution in [1.29, 1.82) is 0 Å². The van der Waals surface area contributed by atoms with Crippen molar-refractivity contribution >= 4 is 23.3 Å². The van der Waals surface area contributed by atoms with Gasteiger partial charge in [0.25, 0.3) is 5.91 Å². The van der Waals surface area contributed by atoms with Gasteiger partial charge in [0.1, 0.15) is 17.7 Å². The van der Waals surface area contributed by atoms with Crippen molar-refractivity contribution in [2.45, 2.75) is 32.7 Å². The molecule has 2 aromatic heterocycles.